The summed E-state index contributed by atoms with van der Waals surface area (Å²) in [5, 5.41) is 0. The van der Waals surface area contributed by atoms with E-state index in [0.29, 0.717) is 0 Å². The van der Waals surface area contributed by atoms with E-state index in [2.05, 4.69) is 18.7 Å². The third-order valence-corrected chi connectivity index (χ3v) is 2.91. The molecule has 0 aromatic rings. The van der Waals surface area contributed by atoms with Crippen molar-refractivity contribution in [2.24, 2.45) is 0 Å². The fourth-order valence-corrected chi connectivity index (χ4v) is 1.82. The molecule has 4 nitrogen and oxygen atoms in total. The first kappa shape index (κ1) is 12.3. The van der Waals surface area contributed by atoms with E-state index < -0.39 is 6.16 Å². The van der Waals surface area contributed by atoms with Gasteiger partial charge in [0.15, 0.2) is 0 Å². The van der Waals surface area contributed by atoms with E-state index in [0.717, 1.165) is 32.5 Å². The summed E-state index contributed by atoms with van der Waals surface area (Å²) in [5.41, 5.74) is 0. The molecule has 15 heavy (non-hydrogen) atoms. The highest BCUT2D eigenvalue weighted by Crippen LogP contribution is 2.19. The molecule has 1 heterocycles. The minimum absolute atomic E-state index is 0.0481. The molecule has 1 saturated heterocycles. The van der Waals surface area contributed by atoms with E-state index in [4.69, 9.17) is 9.47 Å². The van der Waals surface area contributed by atoms with Crippen LogP contribution in [0.3, 0.4) is 0 Å². The second kappa shape index (κ2) is 5.95. The second-order valence-corrected chi connectivity index (χ2v) is 3.90. The van der Waals surface area contributed by atoms with E-state index in [1.54, 1.807) is 0 Å². The second-order valence-electron chi connectivity index (χ2n) is 3.90. The average molecular weight is 215 g/mol. The lowest BCUT2D eigenvalue weighted by Crippen LogP contribution is -2.26. The largest absolute Gasteiger partial charge is 0.509 e. The van der Waals surface area contributed by atoms with Crippen molar-refractivity contribution < 1.29 is 14.3 Å². The maximum atomic E-state index is 10.8. The third kappa shape index (κ3) is 3.70. The number of rotatable bonds is 6. The summed E-state index contributed by atoms with van der Waals surface area (Å²) in [5.74, 6) is 0. The van der Waals surface area contributed by atoms with Crippen molar-refractivity contribution >= 4 is 6.16 Å². The van der Waals surface area contributed by atoms with Crippen molar-refractivity contribution in [3.8, 4) is 0 Å². The van der Waals surface area contributed by atoms with Gasteiger partial charge in [-0.1, -0.05) is 13.8 Å². The van der Waals surface area contributed by atoms with Gasteiger partial charge in [0.2, 0.25) is 0 Å². The molecule has 1 aliphatic rings. The number of carbonyl (C=O) groups is 1. The van der Waals surface area contributed by atoms with Crippen LogP contribution < -0.4 is 0 Å². The fraction of sp³-hybridized carbons (Fsp3) is 0.909. The zero-order chi connectivity index (χ0) is 11.3. The number of nitrogens with zero attached hydrogens (tertiary/aromatic N) is 1. The lowest BCUT2D eigenvalue weighted by atomic mass is 10.1. The summed E-state index contributed by atoms with van der Waals surface area (Å²) in [6.07, 6.45) is 1.29. The number of hydrogen-bond donors (Lipinski definition) is 0. The van der Waals surface area contributed by atoms with Gasteiger partial charge in [-0.3, -0.25) is 0 Å². The van der Waals surface area contributed by atoms with Crippen LogP contribution in [0.4, 0.5) is 4.79 Å². The van der Waals surface area contributed by atoms with Crippen LogP contribution in [-0.2, 0) is 9.47 Å². The zero-order valence-corrected chi connectivity index (χ0v) is 9.86. The molecule has 1 fully saturated rings. The summed E-state index contributed by atoms with van der Waals surface area (Å²) < 4.78 is 9.95. The molecule has 0 radical (unpaired) electrons. The monoisotopic (exact) mass is 215 g/mol. The maximum absolute atomic E-state index is 10.8. The topological polar surface area (TPSA) is 38.8 Å². The van der Waals surface area contributed by atoms with E-state index >= 15 is 0 Å². The van der Waals surface area contributed by atoms with Gasteiger partial charge in [-0.2, -0.15) is 0 Å². The molecular formula is C11H21NO3. The first-order valence-corrected chi connectivity index (χ1v) is 5.77. The standard InChI is InChI=1S/C11H21NO3/c1-4-12(5-2)8-6-7-10-9(3)14-11(13)15-10/h9-10H,4-8H2,1-3H3. The van der Waals surface area contributed by atoms with Gasteiger partial charge in [0.1, 0.15) is 12.2 Å². The predicted octanol–water partition coefficient (Wildman–Crippen LogP) is 2.03. The van der Waals surface area contributed by atoms with Crippen molar-refractivity contribution in [3.05, 3.63) is 0 Å². The fourth-order valence-electron chi connectivity index (χ4n) is 1.82. The van der Waals surface area contributed by atoms with Gasteiger partial charge < -0.3 is 14.4 Å². The Bertz CT molecular complexity index is 204. The van der Waals surface area contributed by atoms with Crippen LogP contribution in [0.2, 0.25) is 0 Å². The van der Waals surface area contributed by atoms with Gasteiger partial charge in [0, 0.05) is 0 Å². The lowest BCUT2D eigenvalue weighted by Gasteiger charge is -2.18. The Hall–Kier alpha value is -0.770. The maximum Gasteiger partial charge on any atom is 0.509 e. The van der Waals surface area contributed by atoms with Crippen LogP contribution in [0.15, 0.2) is 0 Å². The van der Waals surface area contributed by atoms with Gasteiger partial charge in [0.25, 0.3) is 0 Å². The molecule has 88 valence electrons. The van der Waals surface area contributed by atoms with Crippen molar-refractivity contribution in [2.75, 3.05) is 19.6 Å². The molecule has 2 atom stereocenters. The highest BCUT2D eigenvalue weighted by Gasteiger charge is 2.32. The predicted molar refractivity (Wildman–Crippen MR) is 57.8 cm³/mol. The van der Waals surface area contributed by atoms with Crippen LogP contribution in [0.5, 0.6) is 0 Å². The first-order valence-electron chi connectivity index (χ1n) is 5.77. The van der Waals surface area contributed by atoms with Gasteiger partial charge in [-0.15, -0.1) is 0 Å². The molecule has 0 spiro atoms. The molecule has 0 N–H and O–H groups in total. The molecule has 0 amide bonds. The molecule has 1 aliphatic heterocycles. The molecule has 0 bridgehead atoms. The SMILES string of the molecule is CCN(CC)CCCC1OC(=O)OC1C. The molecule has 0 aromatic carbocycles. The summed E-state index contributed by atoms with van der Waals surface area (Å²) in [6, 6.07) is 0. The Labute approximate surface area is 91.5 Å². The van der Waals surface area contributed by atoms with Crippen LogP contribution in [0.1, 0.15) is 33.6 Å². The van der Waals surface area contributed by atoms with Gasteiger partial charge in [-0.05, 0) is 39.4 Å². The minimum Gasteiger partial charge on any atom is -0.427 e. The molecule has 0 aromatic heterocycles. The quantitative estimate of drug-likeness (QED) is 0.635. The lowest BCUT2D eigenvalue weighted by molar-refractivity contribution is 0.114. The Morgan fingerprint density at radius 1 is 1.27 bits per heavy atom. The van der Waals surface area contributed by atoms with E-state index in [9.17, 15) is 4.79 Å². The first-order chi connectivity index (χ1) is 7.17. The zero-order valence-electron chi connectivity index (χ0n) is 9.86. The number of hydrogen-bond acceptors (Lipinski definition) is 4. The summed E-state index contributed by atoms with van der Waals surface area (Å²) in [7, 11) is 0. The van der Waals surface area contributed by atoms with E-state index in [1.165, 1.54) is 0 Å². The van der Waals surface area contributed by atoms with Crippen LogP contribution in [-0.4, -0.2) is 42.9 Å². The van der Waals surface area contributed by atoms with E-state index in [1.807, 2.05) is 6.92 Å². The van der Waals surface area contributed by atoms with Gasteiger partial charge in [-0.25, -0.2) is 4.79 Å². The van der Waals surface area contributed by atoms with Crippen LogP contribution in [0, 0.1) is 0 Å². The van der Waals surface area contributed by atoms with Crippen LogP contribution in [0.25, 0.3) is 0 Å². The van der Waals surface area contributed by atoms with Crippen LogP contribution >= 0.6 is 0 Å². The molecule has 0 aliphatic carbocycles. The Morgan fingerprint density at radius 3 is 2.40 bits per heavy atom. The molecule has 2 unspecified atom stereocenters. The van der Waals surface area contributed by atoms with Gasteiger partial charge >= 0.3 is 6.16 Å². The molecular weight excluding hydrogens is 194 g/mol. The number of cyclic esters (lactones) is 2. The summed E-state index contributed by atoms with van der Waals surface area (Å²) >= 11 is 0. The van der Waals surface area contributed by atoms with Crippen molar-refractivity contribution in [2.45, 2.75) is 45.8 Å². The highest BCUT2D eigenvalue weighted by molar-refractivity contribution is 5.62. The Morgan fingerprint density at radius 2 is 1.93 bits per heavy atom. The van der Waals surface area contributed by atoms with Crippen molar-refractivity contribution in [3.63, 3.8) is 0 Å². The summed E-state index contributed by atoms with van der Waals surface area (Å²) in [6.45, 7) is 9.41. The molecule has 4 heteroatoms. The van der Waals surface area contributed by atoms with E-state index in [-0.39, 0.29) is 12.2 Å². The minimum atomic E-state index is -0.518. The molecule has 0 saturated carbocycles. The number of carbonyl (C=O) groups excluding carboxylic acids is 1. The highest BCUT2D eigenvalue weighted by atomic mass is 16.8. The Kier molecular flexibility index (Phi) is 4.88. The number of ether oxygens (including phenoxy) is 2. The summed E-state index contributed by atoms with van der Waals surface area (Å²) in [4.78, 5) is 13.2. The third-order valence-electron chi connectivity index (χ3n) is 2.91. The normalized spacial score (nSPS) is 25.5. The van der Waals surface area contributed by atoms with Gasteiger partial charge in [0.05, 0.1) is 0 Å². The molecule has 1 rings (SSSR count). The smallest absolute Gasteiger partial charge is 0.427 e. The Balaban J connectivity index is 2.17. The van der Waals surface area contributed by atoms with Crippen molar-refractivity contribution in [1.82, 2.24) is 4.90 Å². The van der Waals surface area contributed by atoms with Crippen molar-refractivity contribution in [1.29, 1.82) is 0 Å². The average Bonchev–Trinajstić information content (AvgIpc) is 2.52.